The number of amides is 5. The highest BCUT2D eigenvalue weighted by Crippen LogP contribution is 2.33. The molecule has 0 aromatic rings. The first-order chi connectivity index (χ1) is 12.3. The van der Waals surface area contributed by atoms with E-state index in [0.717, 1.165) is 19.4 Å². The Balaban J connectivity index is 1.45. The summed E-state index contributed by atoms with van der Waals surface area (Å²) in [5.74, 6) is -2.75. The minimum atomic E-state index is -1.00. The minimum Gasteiger partial charge on any atom is -0.480 e. The van der Waals surface area contributed by atoms with Crippen molar-refractivity contribution in [3.63, 3.8) is 0 Å². The van der Waals surface area contributed by atoms with E-state index in [1.54, 1.807) is 0 Å². The molecular formula is C16H22N4O6. The van der Waals surface area contributed by atoms with Crippen LogP contribution in [0.5, 0.6) is 0 Å². The number of carboxylic acid groups (broad SMARTS) is 1. The molecule has 2 saturated carbocycles. The first-order valence-corrected chi connectivity index (χ1v) is 8.65. The lowest BCUT2D eigenvalue weighted by atomic mass is 9.85. The number of hydrogen-bond acceptors (Lipinski definition) is 6. The van der Waals surface area contributed by atoms with E-state index in [-0.39, 0.29) is 18.6 Å². The molecule has 3 rings (SSSR count). The summed E-state index contributed by atoms with van der Waals surface area (Å²) in [6, 6.07) is -0.817. The van der Waals surface area contributed by atoms with Crippen LogP contribution in [0.1, 0.15) is 25.7 Å². The number of nitrogens with one attached hydrogen (secondary N) is 1. The van der Waals surface area contributed by atoms with Gasteiger partial charge in [0.2, 0.25) is 5.91 Å². The van der Waals surface area contributed by atoms with Gasteiger partial charge in [-0.05, 0) is 31.6 Å². The van der Waals surface area contributed by atoms with Gasteiger partial charge in [0, 0.05) is 25.7 Å². The van der Waals surface area contributed by atoms with Gasteiger partial charge in [-0.25, -0.2) is 9.69 Å². The normalized spacial score (nSPS) is 25.7. The van der Waals surface area contributed by atoms with Crippen LogP contribution in [-0.2, 0) is 19.2 Å². The third kappa shape index (κ3) is 3.85. The molecule has 0 aromatic heterocycles. The van der Waals surface area contributed by atoms with Crippen molar-refractivity contribution in [3.05, 3.63) is 0 Å². The molecule has 1 heterocycles. The van der Waals surface area contributed by atoms with Gasteiger partial charge in [-0.1, -0.05) is 0 Å². The van der Waals surface area contributed by atoms with Crippen molar-refractivity contribution in [1.82, 2.24) is 20.0 Å². The zero-order valence-electron chi connectivity index (χ0n) is 14.5. The highest BCUT2D eigenvalue weighted by Gasteiger charge is 2.44. The molecule has 3 fully saturated rings. The van der Waals surface area contributed by atoms with Crippen LogP contribution in [0.2, 0.25) is 0 Å². The third-order valence-corrected chi connectivity index (χ3v) is 5.07. The second kappa shape index (κ2) is 7.02. The zero-order chi connectivity index (χ0) is 19.0. The summed E-state index contributed by atoms with van der Waals surface area (Å²) in [4.78, 5) is 61.1. The maximum absolute atomic E-state index is 12.1. The summed E-state index contributed by atoms with van der Waals surface area (Å²) in [5.41, 5.74) is 0. The highest BCUT2D eigenvalue weighted by atomic mass is 16.4. The maximum atomic E-state index is 12.1. The molecule has 0 bridgehead atoms. The predicted octanol–water partition coefficient (Wildman–Crippen LogP) is -1.15. The van der Waals surface area contributed by atoms with Crippen molar-refractivity contribution >= 4 is 29.7 Å². The largest absolute Gasteiger partial charge is 0.480 e. The molecule has 0 aromatic carbocycles. The van der Waals surface area contributed by atoms with Gasteiger partial charge in [0.25, 0.3) is 0 Å². The monoisotopic (exact) mass is 366 g/mol. The number of nitrogens with zero attached hydrogens (tertiary/aromatic N) is 3. The van der Waals surface area contributed by atoms with E-state index in [9.17, 15) is 24.0 Å². The van der Waals surface area contributed by atoms with Gasteiger partial charge in [0.15, 0.2) is 0 Å². The first kappa shape index (κ1) is 18.3. The molecule has 10 heteroatoms. The van der Waals surface area contributed by atoms with Crippen LogP contribution < -0.4 is 5.32 Å². The molecule has 5 amide bonds. The Morgan fingerprint density at radius 1 is 1.19 bits per heavy atom. The molecule has 1 saturated heterocycles. The molecule has 2 aliphatic carbocycles. The summed E-state index contributed by atoms with van der Waals surface area (Å²) in [6.07, 6.45) is 3.53. The third-order valence-electron chi connectivity index (χ3n) is 5.07. The van der Waals surface area contributed by atoms with Crippen molar-refractivity contribution < 1.29 is 29.1 Å². The number of hydrogen-bond donors (Lipinski definition) is 2. The summed E-state index contributed by atoms with van der Waals surface area (Å²) >= 11 is 0. The molecule has 0 radical (unpaired) electrons. The second-order valence-electron chi connectivity index (χ2n) is 7.19. The van der Waals surface area contributed by atoms with Crippen LogP contribution in [0.4, 0.5) is 4.79 Å². The van der Waals surface area contributed by atoms with Gasteiger partial charge in [-0.15, -0.1) is 0 Å². The SMILES string of the molecule is CN1C(=O)C(=O)N(CC(=O)NC2CC(N(CC(=O)O)CC3CC3)C2)C1=O. The Hall–Kier alpha value is -2.49. The van der Waals surface area contributed by atoms with Crippen LogP contribution in [0.25, 0.3) is 0 Å². The van der Waals surface area contributed by atoms with E-state index >= 15 is 0 Å². The van der Waals surface area contributed by atoms with Gasteiger partial charge in [-0.3, -0.25) is 29.0 Å². The molecular weight excluding hydrogens is 344 g/mol. The van der Waals surface area contributed by atoms with Gasteiger partial charge in [-0.2, -0.15) is 0 Å². The van der Waals surface area contributed by atoms with E-state index in [4.69, 9.17) is 5.11 Å². The summed E-state index contributed by atoms with van der Waals surface area (Å²) in [7, 11) is 1.19. The number of carbonyl (C=O) groups is 5. The number of likely N-dealkylation sites (N-methyl/N-ethyl adjacent to an activating group) is 1. The molecule has 10 nitrogen and oxygen atoms in total. The van der Waals surface area contributed by atoms with Crippen LogP contribution >= 0.6 is 0 Å². The molecule has 0 atom stereocenters. The van der Waals surface area contributed by atoms with Crippen LogP contribution in [0.3, 0.4) is 0 Å². The lowest BCUT2D eigenvalue weighted by Gasteiger charge is -2.42. The van der Waals surface area contributed by atoms with Crippen LogP contribution in [0.15, 0.2) is 0 Å². The Kier molecular flexibility index (Phi) is 4.94. The van der Waals surface area contributed by atoms with Gasteiger partial charge >= 0.3 is 23.8 Å². The fraction of sp³-hybridized carbons (Fsp3) is 0.688. The molecule has 142 valence electrons. The first-order valence-electron chi connectivity index (χ1n) is 8.65. The number of carboxylic acids is 1. The average Bonchev–Trinajstić information content (AvgIpc) is 3.32. The van der Waals surface area contributed by atoms with Crippen molar-refractivity contribution in [1.29, 1.82) is 0 Å². The molecule has 0 unspecified atom stereocenters. The Bertz CT molecular complexity index is 655. The van der Waals surface area contributed by atoms with E-state index in [1.165, 1.54) is 7.05 Å². The predicted molar refractivity (Wildman–Crippen MR) is 86.8 cm³/mol. The van der Waals surface area contributed by atoms with E-state index in [1.807, 2.05) is 4.90 Å². The lowest BCUT2D eigenvalue weighted by Crippen LogP contribution is -2.56. The van der Waals surface area contributed by atoms with Crippen molar-refractivity contribution in [3.8, 4) is 0 Å². The zero-order valence-corrected chi connectivity index (χ0v) is 14.5. The van der Waals surface area contributed by atoms with Crippen molar-refractivity contribution in [2.45, 2.75) is 37.8 Å². The molecule has 1 aliphatic heterocycles. The Morgan fingerprint density at radius 3 is 2.35 bits per heavy atom. The van der Waals surface area contributed by atoms with Gasteiger partial charge in [0.05, 0.1) is 6.54 Å². The topological polar surface area (TPSA) is 127 Å². The molecule has 2 N–H and O–H groups in total. The highest BCUT2D eigenvalue weighted by molar-refractivity contribution is 6.44. The standard InChI is InChI=1S/C16H22N4O6/c1-18-14(24)15(25)20(16(18)26)7-12(21)17-10-4-11(5-10)19(8-13(22)23)6-9-2-3-9/h9-11H,2-8H2,1H3,(H,17,21)(H,22,23). The van der Waals surface area contributed by atoms with Gasteiger partial charge in [0.1, 0.15) is 6.54 Å². The Labute approximate surface area is 150 Å². The van der Waals surface area contributed by atoms with E-state index < -0.39 is 36.3 Å². The van der Waals surface area contributed by atoms with Crippen molar-refractivity contribution in [2.24, 2.45) is 5.92 Å². The number of imide groups is 2. The van der Waals surface area contributed by atoms with Crippen LogP contribution in [0, 0.1) is 5.92 Å². The molecule has 26 heavy (non-hydrogen) atoms. The van der Waals surface area contributed by atoms with Gasteiger partial charge < -0.3 is 10.4 Å². The molecule has 0 spiro atoms. The number of urea groups is 1. The Morgan fingerprint density at radius 2 is 1.85 bits per heavy atom. The summed E-state index contributed by atoms with van der Waals surface area (Å²) in [5, 5.41) is 11.8. The van der Waals surface area contributed by atoms with E-state index in [2.05, 4.69) is 5.32 Å². The quantitative estimate of drug-likeness (QED) is 0.410. The lowest BCUT2D eigenvalue weighted by molar-refractivity contribution is -0.143. The average molecular weight is 366 g/mol. The maximum Gasteiger partial charge on any atom is 0.334 e. The number of aliphatic carboxylic acids is 1. The second-order valence-corrected chi connectivity index (χ2v) is 7.19. The number of carbonyl (C=O) groups excluding carboxylic acids is 4. The van der Waals surface area contributed by atoms with Crippen molar-refractivity contribution in [2.75, 3.05) is 26.7 Å². The fourth-order valence-corrected chi connectivity index (χ4v) is 3.32. The fourth-order valence-electron chi connectivity index (χ4n) is 3.32. The smallest absolute Gasteiger partial charge is 0.334 e. The van der Waals surface area contributed by atoms with Crippen LogP contribution in [-0.4, -0.2) is 88.3 Å². The molecule has 3 aliphatic rings. The number of rotatable bonds is 8. The van der Waals surface area contributed by atoms with E-state index in [0.29, 0.717) is 28.6 Å². The minimum absolute atomic E-state index is 0.00688. The summed E-state index contributed by atoms with van der Waals surface area (Å²) in [6.45, 7) is 0.270. The summed E-state index contributed by atoms with van der Waals surface area (Å²) < 4.78 is 0.